The fourth-order valence-electron chi connectivity index (χ4n) is 5.28. The van der Waals surface area contributed by atoms with E-state index in [-0.39, 0.29) is 68.4 Å². The number of carboxylic acids is 2. The Labute approximate surface area is 252 Å². The van der Waals surface area contributed by atoms with Crippen molar-refractivity contribution in [3.63, 3.8) is 0 Å². The molecule has 3 aromatic rings. The number of carbonyl (C=O) groups excluding carboxylic acids is 2. The van der Waals surface area contributed by atoms with Crippen molar-refractivity contribution in [3.05, 3.63) is 69.3 Å². The van der Waals surface area contributed by atoms with Crippen LogP contribution in [0.5, 0.6) is 0 Å². The molecule has 0 aliphatic heterocycles. The highest BCUT2D eigenvalue weighted by molar-refractivity contribution is 5.97. The van der Waals surface area contributed by atoms with Gasteiger partial charge in [-0.1, -0.05) is 5.92 Å². The predicted octanol–water partition coefficient (Wildman–Crippen LogP) is 1.49. The van der Waals surface area contributed by atoms with E-state index in [1.54, 1.807) is 24.3 Å². The molecule has 0 saturated carbocycles. The van der Waals surface area contributed by atoms with Gasteiger partial charge >= 0.3 is 11.9 Å². The van der Waals surface area contributed by atoms with Crippen LogP contribution in [0, 0.1) is 12.3 Å². The van der Waals surface area contributed by atoms with Gasteiger partial charge in [0.2, 0.25) is 5.91 Å². The number of aromatic nitrogens is 2. The zero-order chi connectivity index (χ0) is 31.8. The fraction of sp³-hybridized carbons (Fsp3) is 0.355. The molecule has 2 amide bonds. The molecule has 1 aliphatic rings. The second-order valence-electron chi connectivity index (χ2n) is 10.4. The van der Waals surface area contributed by atoms with Crippen molar-refractivity contribution < 1.29 is 34.5 Å². The van der Waals surface area contributed by atoms with Crippen molar-refractivity contribution in [1.82, 2.24) is 20.6 Å². The van der Waals surface area contributed by atoms with Gasteiger partial charge in [0.15, 0.2) is 0 Å². The Morgan fingerprint density at radius 2 is 1.89 bits per heavy atom. The third kappa shape index (κ3) is 7.59. The zero-order valence-corrected chi connectivity index (χ0v) is 23.8. The normalized spacial score (nSPS) is 14.3. The Morgan fingerprint density at radius 3 is 2.55 bits per heavy atom. The Hall–Kier alpha value is -5.22. The van der Waals surface area contributed by atoms with Crippen LogP contribution in [0.1, 0.15) is 65.5 Å². The first-order valence-electron chi connectivity index (χ1n) is 14.1. The number of nitrogens with one attached hydrogen (secondary N) is 3. The molecular formula is C31H33N5O8. The molecule has 2 aromatic carbocycles. The average molecular weight is 604 g/mol. The number of hydrogen-bond donors (Lipinski definition) is 6. The number of hydrogen-bond acceptors (Lipinski definition) is 8. The molecule has 0 bridgehead atoms. The van der Waals surface area contributed by atoms with Crippen LogP contribution in [0.4, 0.5) is 5.69 Å². The number of aliphatic hydroxyl groups is 1. The first-order chi connectivity index (χ1) is 21.1. The van der Waals surface area contributed by atoms with Gasteiger partial charge in [0, 0.05) is 30.6 Å². The lowest BCUT2D eigenvalue weighted by Crippen LogP contribution is -2.41. The average Bonchev–Trinajstić information content (AvgIpc) is 3.41. The maximum absolute atomic E-state index is 12.9. The molecule has 0 unspecified atom stereocenters. The minimum Gasteiger partial charge on any atom is -0.481 e. The largest absolute Gasteiger partial charge is 0.481 e. The van der Waals surface area contributed by atoms with Gasteiger partial charge in [0.05, 0.1) is 23.5 Å². The van der Waals surface area contributed by atoms with E-state index in [0.717, 1.165) is 29.7 Å². The van der Waals surface area contributed by atoms with E-state index in [2.05, 4.69) is 26.5 Å². The summed E-state index contributed by atoms with van der Waals surface area (Å²) in [6.07, 6.45) is 7.03. The number of amides is 2. The molecule has 230 valence electrons. The van der Waals surface area contributed by atoms with Crippen LogP contribution in [0.3, 0.4) is 0 Å². The number of carboxylic acid groups (broad SMARTS) is 2. The maximum Gasteiger partial charge on any atom is 0.326 e. The molecule has 13 nitrogen and oxygen atoms in total. The van der Waals surface area contributed by atoms with E-state index in [0.29, 0.717) is 10.9 Å². The lowest BCUT2D eigenvalue weighted by atomic mass is 10.0. The summed E-state index contributed by atoms with van der Waals surface area (Å²) in [6, 6.07) is 8.77. The number of nitrogens with zero attached hydrogens (tertiary/aromatic N) is 2. The second-order valence-corrected chi connectivity index (χ2v) is 10.4. The molecule has 44 heavy (non-hydrogen) atoms. The lowest BCUT2D eigenvalue weighted by Gasteiger charge is -2.30. The number of carbonyl (C=O) groups is 4. The number of aliphatic carboxylic acids is 2. The zero-order valence-electron chi connectivity index (χ0n) is 23.8. The Morgan fingerprint density at radius 1 is 1.14 bits per heavy atom. The van der Waals surface area contributed by atoms with Gasteiger partial charge in [0.25, 0.3) is 11.5 Å². The van der Waals surface area contributed by atoms with Crippen LogP contribution >= 0.6 is 0 Å². The highest BCUT2D eigenvalue weighted by Gasteiger charge is 2.29. The Bertz CT molecular complexity index is 1660. The first kappa shape index (κ1) is 31.7. The highest BCUT2D eigenvalue weighted by Crippen LogP contribution is 2.39. The molecule has 0 fully saturated rings. The third-order valence-electron chi connectivity index (χ3n) is 7.46. The van der Waals surface area contributed by atoms with Crippen molar-refractivity contribution in [1.29, 1.82) is 0 Å². The van der Waals surface area contributed by atoms with Crippen molar-refractivity contribution in [2.45, 2.75) is 57.2 Å². The van der Waals surface area contributed by atoms with Crippen molar-refractivity contribution >= 4 is 40.3 Å². The van der Waals surface area contributed by atoms with Gasteiger partial charge in [-0.15, -0.1) is 6.42 Å². The fourth-order valence-corrected chi connectivity index (χ4v) is 5.28. The van der Waals surface area contributed by atoms with Gasteiger partial charge in [-0.05, 0) is 73.2 Å². The topological polar surface area (TPSA) is 202 Å². The van der Waals surface area contributed by atoms with Crippen LogP contribution in [-0.2, 0) is 27.4 Å². The van der Waals surface area contributed by atoms with Gasteiger partial charge in [0.1, 0.15) is 18.5 Å². The number of aryl methyl sites for hydroxylation is 1. The standard InChI is InChI=1S/C31H33N5O8/c1-2-14-36(25-11-7-19-15-24-22(16-21(19)25)30(42)35-26(17-37)33-24)20-8-5-18(6-9-20)29(41)34-23(31(43)44)10-12-27(38)32-13-3-4-28(39)40/h1,5-6,8-9,15-16,23,25,37H,3-4,7,10-14,17H2,(H,32,38)(H,34,41)(H,39,40)(H,43,44)(H,33,35,42)/t23-,25-/m0/s1. The monoisotopic (exact) mass is 603 g/mol. The number of aromatic amines is 1. The molecule has 0 saturated heterocycles. The van der Waals surface area contributed by atoms with E-state index in [1.165, 1.54) is 0 Å². The minimum atomic E-state index is -1.30. The van der Waals surface area contributed by atoms with E-state index >= 15 is 0 Å². The molecule has 1 aromatic heterocycles. The van der Waals surface area contributed by atoms with E-state index in [9.17, 15) is 34.2 Å². The molecule has 0 radical (unpaired) electrons. The van der Waals surface area contributed by atoms with Crippen molar-refractivity contribution in [2.24, 2.45) is 0 Å². The number of fused-ring (bicyclic) bond motifs is 2. The van der Waals surface area contributed by atoms with Gasteiger partial charge in [-0.2, -0.15) is 0 Å². The first-order valence-corrected chi connectivity index (χ1v) is 14.1. The smallest absolute Gasteiger partial charge is 0.326 e. The number of H-pyrrole nitrogens is 1. The summed E-state index contributed by atoms with van der Waals surface area (Å²) in [6.45, 7) is 0.0357. The van der Waals surface area contributed by atoms with Crippen LogP contribution in [-0.4, -0.2) is 68.2 Å². The summed E-state index contributed by atoms with van der Waals surface area (Å²) in [4.78, 5) is 68.7. The number of aliphatic hydroxyl groups excluding tert-OH is 1. The Kier molecular flexibility index (Phi) is 10.3. The third-order valence-corrected chi connectivity index (χ3v) is 7.46. The number of terminal acetylenes is 1. The van der Waals surface area contributed by atoms with Gasteiger partial charge < -0.3 is 35.8 Å². The maximum atomic E-state index is 12.9. The number of rotatable bonds is 14. The summed E-state index contributed by atoms with van der Waals surface area (Å²) in [5.74, 6) is -0.461. The van der Waals surface area contributed by atoms with Crippen LogP contribution in [0.25, 0.3) is 10.9 Å². The van der Waals surface area contributed by atoms with Crippen LogP contribution < -0.4 is 21.1 Å². The molecule has 1 aliphatic carbocycles. The molecule has 13 heteroatoms. The predicted molar refractivity (Wildman–Crippen MR) is 160 cm³/mol. The highest BCUT2D eigenvalue weighted by atomic mass is 16.4. The molecule has 1 heterocycles. The van der Waals surface area contributed by atoms with E-state index in [4.69, 9.17) is 11.5 Å². The summed E-state index contributed by atoms with van der Waals surface area (Å²) >= 11 is 0. The number of anilines is 1. The van der Waals surface area contributed by atoms with Crippen LogP contribution in [0.15, 0.2) is 41.2 Å². The summed E-state index contributed by atoms with van der Waals surface area (Å²) in [5, 5.41) is 33.0. The quantitative estimate of drug-likeness (QED) is 0.116. The van der Waals surface area contributed by atoms with Gasteiger partial charge in [-0.25, -0.2) is 9.78 Å². The van der Waals surface area contributed by atoms with Crippen molar-refractivity contribution in [2.75, 3.05) is 18.0 Å². The summed E-state index contributed by atoms with van der Waals surface area (Å²) < 4.78 is 0. The summed E-state index contributed by atoms with van der Waals surface area (Å²) in [5.41, 5.74) is 3.07. The molecule has 0 spiro atoms. The Balaban J connectivity index is 1.44. The van der Waals surface area contributed by atoms with Gasteiger partial charge in [-0.3, -0.25) is 19.2 Å². The van der Waals surface area contributed by atoms with E-state index in [1.807, 2.05) is 17.0 Å². The van der Waals surface area contributed by atoms with E-state index < -0.39 is 29.8 Å². The number of benzene rings is 2. The molecule has 2 atom stereocenters. The molecule has 4 rings (SSSR count). The SMILES string of the molecule is C#CCN(c1ccc(C(=O)N[C@@H](CCC(=O)NCCCC(=O)O)C(=O)O)cc1)[C@H]1CCc2cc3nc(CO)[nH]c(=O)c3cc21. The molecule has 6 N–H and O–H groups in total. The lowest BCUT2D eigenvalue weighted by molar-refractivity contribution is -0.140. The minimum absolute atomic E-state index is 0.0931. The molecular weight excluding hydrogens is 570 g/mol. The van der Waals surface area contributed by atoms with Crippen LogP contribution in [0.2, 0.25) is 0 Å². The summed E-state index contributed by atoms with van der Waals surface area (Å²) in [7, 11) is 0. The van der Waals surface area contributed by atoms with Crippen molar-refractivity contribution in [3.8, 4) is 12.3 Å². The second kappa shape index (κ2) is 14.3.